The van der Waals surface area contributed by atoms with E-state index in [2.05, 4.69) is 5.32 Å². The van der Waals surface area contributed by atoms with Crippen LogP contribution in [0.5, 0.6) is 0 Å². The van der Waals surface area contributed by atoms with Crippen molar-refractivity contribution in [2.45, 2.75) is 13.8 Å². The maximum absolute atomic E-state index is 13.4. The molecule has 18 heavy (non-hydrogen) atoms. The summed E-state index contributed by atoms with van der Waals surface area (Å²) in [6.07, 6.45) is 0. The van der Waals surface area contributed by atoms with Crippen LogP contribution in [0.2, 0.25) is 0 Å². The monoisotopic (exact) mass is 272 g/mol. The molecule has 0 saturated carbocycles. The van der Waals surface area contributed by atoms with Crippen molar-refractivity contribution in [2.24, 2.45) is 0 Å². The third-order valence-corrected chi connectivity index (χ3v) is 2.82. The van der Waals surface area contributed by atoms with Gasteiger partial charge in [0.05, 0.1) is 0 Å². The van der Waals surface area contributed by atoms with E-state index in [-0.39, 0.29) is 5.11 Å². The number of carbonyl (C=O) groups is 1. The van der Waals surface area contributed by atoms with Gasteiger partial charge in [-0.2, -0.15) is 0 Å². The third kappa shape index (κ3) is 3.22. The predicted molar refractivity (Wildman–Crippen MR) is 69.3 cm³/mol. The van der Waals surface area contributed by atoms with E-state index in [0.717, 1.165) is 12.1 Å². The number of rotatable bonds is 3. The quantitative estimate of drug-likeness (QED) is 0.857. The molecule has 1 N–H and O–H groups in total. The van der Waals surface area contributed by atoms with E-state index >= 15 is 0 Å². The van der Waals surface area contributed by atoms with Gasteiger partial charge in [0.2, 0.25) is 0 Å². The molecule has 0 saturated heterocycles. The number of nitrogens with one attached hydrogen (secondary N) is 1. The van der Waals surface area contributed by atoms with Gasteiger partial charge in [0.1, 0.15) is 17.2 Å². The van der Waals surface area contributed by atoms with Crippen LogP contribution in [0.4, 0.5) is 8.78 Å². The van der Waals surface area contributed by atoms with Crippen molar-refractivity contribution < 1.29 is 13.6 Å². The Hall–Kier alpha value is -1.56. The van der Waals surface area contributed by atoms with Gasteiger partial charge in [-0.3, -0.25) is 10.1 Å². The van der Waals surface area contributed by atoms with Gasteiger partial charge in [-0.1, -0.05) is 6.07 Å². The van der Waals surface area contributed by atoms with E-state index < -0.39 is 23.1 Å². The Balaban J connectivity index is 2.86. The van der Waals surface area contributed by atoms with E-state index in [1.807, 2.05) is 13.8 Å². The summed E-state index contributed by atoms with van der Waals surface area (Å²) in [7, 11) is 0. The van der Waals surface area contributed by atoms with E-state index in [1.54, 1.807) is 4.90 Å². The van der Waals surface area contributed by atoms with Crippen molar-refractivity contribution in [2.75, 3.05) is 13.1 Å². The summed E-state index contributed by atoms with van der Waals surface area (Å²) in [4.78, 5) is 13.4. The summed E-state index contributed by atoms with van der Waals surface area (Å²) in [5.74, 6) is -2.69. The summed E-state index contributed by atoms with van der Waals surface area (Å²) in [5, 5.41) is 2.48. The van der Waals surface area contributed by atoms with Gasteiger partial charge in [0.25, 0.3) is 5.91 Å². The second-order valence-electron chi connectivity index (χ2n) is 3.53. The molecule has 0 aliphatic heterocycles. The summed E-state index contributed by atoms with van der Waals surface area (Å²) < 4.78 is 26.7. The topological polar surface area (TPSA) is 32.3 Å². The highest BCUT2D eigenvalue weighted by molar-refractivity contribution is 7.80. The standard InChI is InChI=1S/C12H14F2N2OS/c1-3-16(4-2)12(18)15-11(17)10-8(13)6-5-7-9(10)14/h5-7H,3-4H2,1-2H3,(H,15,17,18). The van der Waals surface area contributed by atoms with Gasteiger partial charge in [-0.15, -0.1) is 0 Å². The molecule has 0 unspecified atom stereocenters. The normalized spacial score (nSPS) is 10.0. The molecule has 0 fully saturated rings. The van der Waals surface area contributed by atoms with Crippen molar-refractivity contribution in [3.8, 4) is 0 Å². The highest BCUT2D eigenvalue weighted by atomic mass is 32.1. The second kappa shape index (κ2) is 6.39. The molecular formula is C12H14F2N2OS. The Labute approximate surface area is 110 Å². The van der Waals surface area contributed by atoms with Crippen LogP contribution in [-0.2, 0) is 0 Å². The van der Waals surface area contributed by atoms with Crippen LogP contribution in [0, 0.1) is 11.6 Å². The Morgan fingerprint density at radius 1 is 1.28 bits per heavy atom. The van der Waals surface area contributed by atoms with Gasteiger partial charge in [-0.25, -0.2) is 8.78 Å². The number of halogens is 2. The molecule has 0 bridgehead atoms. The molecule has 0 aliphatic carbocycles. The number of amides is 1. The molecule has 1 aromatic carbocycles. The summed E-state index contributed by atoms with van der Waals surface area (Å²) >= 11 is 4.99. The maximum atomic E-state index is 13.4. The molecule has 0 radical (unpaired) electrons. The molecular weight excluding hydrogens is 258 g/mol. The molecule has 98 valence electrons. The Bertz CT molecular complexity index is 441. The minimum Gasteiger partial charge on any atom is -0.350 e. The molecule has 0 aromatic heterocycles. The van der Waals surface area contributed by atoms with E-state index in [0.29, 0.717) is 13.1 Å². The van der Waals surface area contributed by atoms with Gasteiger partial charge < -0.3 is 4.90 Å². The molecule has 0 spiro atoms. The molecule has 1 aromatic rings. The van der Waals surface area contributed by atoms with Crippen molar-refractivity contribution in [1.29, 1.82) is 0 Å². The lowest BCUT2D eigenvalue weighted by atomic mass is 10.2. The highest BCUT2D eigenvalue weighted by Gasteiger charge is 2.19. The van der Waals surface area contributed by atoms with Gasteiger partial charge in [-0.05, 0) is 38.2 Å². The molecule has 1 rings (SSSR count). The summed E-state index contributed by atoms with van der Waals surface area (Å²) in [6, 6.07) is 3.25. The second-order valence-corrected chi connectivity index (χ2v) is 3.91. The molecule has 1 amide bonds. The maximum Gasteiger partial charge on any atom is 0.263 e. The molecule has 0 aliphatic rings. The number of thiocarbonyl (C=S) groups is 1. The third-order valence-electron chi connectivity index (χ3n) is 2.46. The first-order valence-corrected chi connectivity index (χ1v) is 5.96. The number of nitrogens with zero attached hydrogens (tertiary/aromatic N) is 1. The van der Waals surface area contributed by atoms with Gasteiger partial charge in [0.15, 0.2) is 5.11 Å². The van der Waals surface area contributed by atoms with Crippen LogP contribution in [-0.4, -0.2) is 29.0 Å². The van der Waals surface area contributed by atoms with Gasteiger partial charge in [0, 0.05) is 13.1 Å². The van der Waals surface area contributed by atoms with Crippen LogP contribution in [0.25, 0.3) is 0 Å². The molecule has 3 nitrogen and oxygen atoms in total. The highest BCUT2D eigenvalue weighted by Crippen LogP contribution is 2.11. The van der Waals surface area contributed by atoms with Crippen molar-refractivity contribution in [1.82, 2.24) is 10.2 Å². The SMILES string of the molecule is CCN(CC)C(=S)NC(=O)c1c(F)cccc1F. The van der Waals surface area contributed by atoms with Crippen molar-refractivity contribution in [3.63, 3.8) is 0 Å². The fourth-order valence-corrected chi connectivity index (χ4v) is 1.82. The lowest BCUT2D eigenvalue weighted by Crippen LogP contribution is -2.42. The number of hydrogen-bond acceptors (Lipinski definition) is 2. The zero-order chi connectivity index (χ0) is 13.7. The first-order chi connectivity index (χ1) is 8.51. The van der Waals surface area contributed by atoms with E-state index in [9.17, 15) is 13.6 Å². The number of carbonyl (C=O) groups excluding carboxylic acids is 1. The first kappa shape index (κ1) is 14.5. The zero-order valence-electron chi connectivity index (χ0n) is 10.2. The largest absolute Gasteiger partial charge is 0.350 e. The average Bonchev–Trinajstić information content (AvgIpc) is 2.30. The van der Waals surface area contributed by atoms with Crippen molar-refractivity contribution in [3.05, 3.63) is 35.4 Å². The minimum absolute atomic E-state index is 0.160. The van der Waals surface area contributed by atoms with Crippen LogP contribution in [0.1, 0.15) is 24.2 Å². The Kier molecular flexibility index (Phi) is 5.15. The lowest BCUT2D eigenvalue weighted by molar-refractivity contribution is 0.0965. The van der Waals surface area contributed by atoms with Crippen LogP contribution < -0.4 is 5.32 Å². The van der Waals surface area contributed by atoms with Gasteiger partial charge >= 0.3 is 0 Å². The smallest absolute Gasteiger partial charge is 0.263 e. The molecule has 0 heterocycles. The van der Waals surface area contributed by atoms with Crippen LogP contribution >= 0.6 is 12.2 Å². The summed E-state index contributed by atoms with van der Waals surface area (Å²) in [6.45, 7) is 4.95. The van der Waals surface area contributed by atoms with E-state index in [4.69, 9.17) is 12.2 Å². The van der Waals surface area contributed by atoms with Crippen molar-refractivity contribution >= 4 is 23.2 Å². The fraction of sp³-hybridized carbons (Fsp3) is 0.333. The number of benzene rings is 1. The van der Waals surface area contributed by atoms with Crippen LogP contribution in [0.15, 0.2) is 18.2 Å². The van der Waals surface area contributed by atoms with E-state index in [1.165, 1.54) is 6.07 Å². The zero-order valence-corrected chi connectivity index (χ0v) is 11.0. The summed E-state index contributed by atoms with van der Waals surface area (Å²) in [5.41, 5.74) is -0.619. The minimum atomic E-state index is -0.908. The Morgan fingerprint density at radius 3 is 2.22 bits per heavy atom. The fourth-order valence-electron chi connectivity index (χ4n) is 1.46. The average molecular weight is 272 g/mol. The first-order valence-electron chi connectivity index (χ1n) is 5.55. The predicted octanol–water partition coefficient (Wildman–Crippen LogP) is 2.32. The lowest BCUT2D eigenvalue weighted by Gasteiger charge is -2.21. The molecule has 6 heteroatoms. The number of hydrogen-bond donors (Lipinski definition) is 1. The molecule has 0 atom stereocenters. The Morgan fingerprint density at radius 2 is 1.78 bits per heavy atom. The van der Waals surface area contributed by atoms with Crippen LogP contribution in [0.3, 0.4) is 0 Å².